The first-order chi connectivity index (χ1) is 22.2. The van der Waals surface area contributed by atoms with Gasteiger partial charge in [-0.3, -0.25) is 9.47 Å². The minimum atomic E-state index is -1.04. The number of carboxylic acid groups (broad SMARTS) is 1. The van der Waals surface area contributed by atoms with E-state index < -0.39 is 11.8 Å². The van der Waals surface area contributed by atoms with Gasteiger partial charge in [-0.25, -0.2) is 14.2 Å². The van der Waals surface area contributed by atoms with Gasteiger partial charge in [0.15, 0.2) is 5.66 Å². The molecule has 1 amide bonds. The topological polar surface area (TPSA) is 102 Å². The third-order valence-electron chi connectivity index (χ3n) is 10.7. The number of benzene rings is 2. The summed E-state index contributed by atoms with van der Waals surface area (Å²) in [4.78, 5) is 50.1. The molecule has 0 radical (unpaired) electrons. The molecule has 1 aromatic heterocycles. The van der Waals surface area contributed by atoms with Crippen LogP contribution in [0.3, 0.4) is 0 Å². The smallest absolute Gasteiger partial charge is 0.435 e. The maximum Gasteiger partial charge on any atom is 0.515 e. The Morgan fingerprint density at radius 1 is 1.00 bits per heavy atom. The number of nitrogens with one attached hydrogen (secondary N) is 1. The van der Waals surface area contributed by atoms with E-state index in [4.69, 9.17) is 0 Å². The van der Waals surface area contributed by atoms with Crippen molar-refractivity contribution in [1.82, 2.24) is 24.3 Å². The molecule has 3 aliphatic rings. The van der Waals surface area contributed by atoms with Gasteiger partial charge in [0.25, 0.3) is 0 Å². The zero-order valence-corrected chi connectivity index (χ0v) is 29.5. The van der Waals surface area contributed by atoms with Gasteiger partial charge in [-0.1, -0.05) is 36.4 Å². The van der Waals surface area contributed by atoms with Crippen LogP contribution >= 0.6 is 31.9 Å². The van der Waals surface area contributed by atoms with Crippen molar-refractivity contribution in [2.24, 2.45) is 0 Å². The number of hydrogen-bond acceptors (Lipinski definition) is 6. The Morgan fingerprint density at radius 2 is 1.72 bits per heavy atom. The lowest BCUT2D eigenvalue weighted by Gasteiger charge is -2.59. The van der Waals surface area contributed by atoms with Crippen molar-refractivity contribution in [2.75, 3.05) is 52.9 Å². The molecule has 3 fully saturated rings. The van der Waals surface area contributed by atoms with Gasteiger partial charge in [-0.15, -0.1) is 0 Å². The average Bonchev–Trinajstić information content (AvgIpc) is 3.46. The molecule has 3 aromatic rings. The second kappa shape index (κ2) is 13.9. The van der Waals surface area contributed by atoms with E-state index >= 15 is 0 Å². The summed E-state index contributed by atoms with van der Waals surface area (Å²) >= 11 is 7.14. The summed E-state index contributed by atoms with van der Waals surface area (Å²) in [5.41, 5.74) is 1.25. The van der Waals surface area contributed by atoms with Gasteiger partial charge < -0.3 is 19.8 Å². The Morgan fingerprint density at radius 3 is 2.37 bits per heavy atom. The van der Waals surface area contributed by atoms with Crippen molar-refractivity contribution in [3.8, 4) is 11.3 Å². The van der Waals surface area contributed by atoms with Gasteiger partial charge in [0.1, 0.15) is 12.8 Å². The molecular formula is C34H43Br2N6O4+. The zero-order chi connectivity index (χ0) is 32.5. The standard InChI is InChI=1S/C34H42Br2N6O4/c1-38-13-9-27(10-14-38)39-15-17-40(18-16-39)34(12-20-43)22-28(41-23-31(37-32(41)44)26-5-3-2-4-6-26)11-19-42(34,33(45)46)24-25-7-8-29(35)30(36)21-25/h2-8,20-21,23,27-28H,9-19,22,24H2,1H3,(H-,37,44,45,46)/p+1/t28?,34?,42-/m0/s1. The average molecular weight is 760 g/mol. The van der Waals surface area contributed by atoms with E-state index in [0.717, 1.165) is 71.1 Å². The van der Waals surface area contributed by atoms with E-state index in [2.05, 4.69) is 58.6 Å². The molecule has 2 unspecified atom stereocenters. The summed E-state index contributed by atoms with van der Waals surface area (Å²) in [7, 11) is 2.17. The van der Waals surface area contributed by atoms with Gasteiger partial charge in [0.05, 0.1) is 24.7 Å². The molecular weight excluding hydrogens is 716 g/mol. The third kappa shape index (κ3) is 6.32. The highest BCUT2D eigenvalue weighted by Gasteiger charge is 2.63. The Hall–Kier alpha value is -2.61. The van der Waals surface area contributed by atoms with Gasteiger partial charge in [0, 0.05) is 65.8 Å². The highest BCUT2D eigenvalue weighted by Crippen LogP contribution is 2.47. The fourth-order valence-corrected chi connectivity index (χ4v) is 8.89. The summed E-state index contributed by atoms with van der Waals surface area (Å²) in [6.07, 6.45) is 5.00. The number of halogens is 2. The number of piperazine rings is 1. The zero-order valence-electron chi connectivity index (χ0n) is 26.3. The number of rotatable bonds is 8. The first-order valence-corrected chi connectivity index (χ1v) is 17.8. The molecule has 4 heterocycles. The number of piperidine rings is 2. The highest BCUT2D eigenvalue weighted by atomic mass is 79.9. The van der Waals surface area contributed by atoms with Crippen LogP contribution in [0.15, 0.2) is 68.5 Å². The molecule has 3 saturated heterocycles. The molecule has 2 aromatic carbocycles. The summed E-state index contributed by atoms with van der Waals surface area (Å²) in [6, 6.07) is 15.8. The second-order valence-electron chi connectivity index (χ2n) is 13.2. The number of hydrogen-bond donors (Lipinski definition) is 2. The molecule has 0 aliphatic carbocycles. The largest absolute Gasteiger partial charge is 0.515 e. The number of imidazole rings is 1. The molecule has 12 heteroatoms. The number of quaternary nitrogens is 1. The van der Waals surface area contributed by atoms with E-state index in [0.29, 0.717) is 32.0 Å². The lowest BCUT2D eigenvalue weighted by molar-refractivity contribution is -0.942. The summed E-state index contributed by atoms with van der Waals surface area (Å²) in [6.45, 7) is 5.67. The maximum absolute atomic E-state index is 13.7. The van der Waals surface area contributed by atoms with Crippen LogP contribution in [0.2, 0.25) is 0 Å². The Kier molecular flexibility index (Phi) is 10.0. The van der Waals surface area contributed by atoms with E-state index in [1.165, 1.54) is 0 Å². The van der Waals surface area contributed by atoms with Crippen molar-refractivity contribution < 1.29 is 19.2 Å². The van der Waals surface area contributed by atoms with Gasteiger partial charge in [-0.2, -0.15) is 4.79 Å². The van der Waals surface area contributed by atoms with E-state index in [9.17, 15) is 19.5 Å². The molecule has 46 heavy (non-hydrogen) atoms. The van der Waals surface area contributed by atoms with Crippen molar-refractivity contribution in [3.05, 3.63) is 79.7 Å². The maximum atomic E-state index is 13.7. The monoisotopic (exact) mass is 757 g/mol. The number of likely N-dealkylation sites (tertiary alicyclic amines) is 2. The van der Waals surface area contributed by atoms with Crippen LogP contribution in [0, 0.1) is 0 Å². The van der Waals surface area contributed by atoms with E-state index in [1.807, 2.05) is 54.7 Å². The van der Waals surface area contributed by atoms with Crippen LogP contribution in [0.25, 0.3) is 11.3 Å². The first kappa shape index (κ1) is 33.3. The number of carbonyl (C=O) groups excluding carboxylic acids is 1. The number of aldehydes is 1. The lowest BCUT2D eigenvalue weighted by atomic mass is 9.83. The van der Waals surface area contributed by atoms with Crippen LogP contribution in [0.1, 0.15) is 43.7 Å². The van der Waals surface area contributed by atoms with Crippen molar-refractivity contribution in [2.45, 2.75) is 56.4 Å². The predicted molar refractivity (Wildman–Crippen MR) is 185 cm³/mol. The number of aromatic amines is 1. The fourth-order valence-electron chi connectivity index (χ4n) is 8.22. The Balaban J connectivity index is 1.38. The van der Waals surface area contributed by atoms with Gasteiger partial charge >= 0.3 is 11.8 Å². The molecule has 0 saturated carbocycles. The number of aromatic nitrogens is 2. The fraction of sp³-hybridized carbons (Fsp3) is 0.500. The van der Waals surface area contributed by atoms with Crippen LogP contribution in [0.5, 0.6) is 0 Å². The summed E-state index contributed by atoms with van der Waals surface area (Å²) in [5, 5.41) is 11.2. The van der Waals surface area contributed by atoms with Crippen LogP contribution in [-0.4, -0.2) is 111 Å². The Labute approximate surface area is 286 Å². The SMILES string of the molecule is CN1CCC(N2CCN(C3(CC=O)CC(n4cc(-c5ccccc5)[nH]c4=O)CC[N@+]3(Cc3ccc(Br)c(Br)c3)C(=O)O)CC2)CC1. The summed E-state index contributed by atoms with van der Waals surface area (Å²) < 4.78 is 3.20. The molecule has 3 atom stereocenters. The first-order valence-electron chi connectivity index (χ1n) is 16.2. The molecule has 0 spiro atoms. The van der Waals surface area contributed by atoms with Gasteiger partial charge in [-0.05, 0) is 82.5 Å². The second-order valence-corrected chi connectivity index (χ2v) is 14.9. The lowest BCUT2D eigenvalue weighted by Crippen LogP contribution is -2.77. The minimum Gasteiger partial charge on any atom is -0.435 e. The predicted octanol–water partition coefficient (Wildman–Crippen LogP) is 5.40. The molecule has 246 valence electrons. The third-order valence-corrected chi connectivity index (χ3v) is 12.6. The normalized spacial score (nSPS) is 27.1. The van der Waals surface area contributed by atoms with Gasteiger partial charge in [0.2, 0.25) is 0 Å². The molecule has 3 aliphatic heterocycles. The number of carbonyl (C=O) groups is 2. The highest BCUT2D eigenvalue weighted by molar-refractivity contribution is 9.13. The molecule has 6 rings (SSSR count). The van der Waals surface area contributed by atoms with Crippen molar-refractivity contribution in [3.63, 3.8) is 0 Å². The molecule has 2 N–H and O–H groups in total. The number of nitrogens with zero attached hydrogens (tertiary/aromatic N) is 5. The Bertz CT molecular complexity index is 1600. The van der Waals surface area contributed by atoms with Crippen molar-refractivity contribution in [1.29, 1.82) is 0 Å². The van der Waals surface area contributed by atoms with Crippen molar-refractivity contribution >= 4 is 44.2 Å². The molecule has 10 nitrogen and oxygen atoms in total. The molecule has 0 bridgehead atoms. The number of H-pyrrole nitrogens is 1. The number of amides is 1. The minimum absolute atomic E-state index is 0.0619. The summed E-state index contributed by atoms with van der Waals surface area (Å²) in [5.74, 6) is 0. The van der Waals surface area contributed by atoms with E-state index in [1.54, 1.807) is 4.57 Å². The van der Waals surface area contributed by atoms with Crippen LogP contribution in [0.4, 0.5) is 4.79 Å². The van der Waals surface area contributed by atoms with Crippen LogP contribution < -0.4 is 5.69 Å². The van der Waals surface area contributed by atoms with Crippen LogP contribution in [-0.2, 0) is 11.3 Å². The van der Waals surface area contributed by atoms with E-state index in [-0.39, 0.29) is 35.7 Å². The quantitative estimate of drug-likeness (QED) is 0.235.